The molecule has 128 valence electrons. The monoisotopic (exact) mass is 355 g/mol. The number of hydrogen-bond donors (Lipinski definition) is 0. The van der Waals surface area contributed by atoms with Crippen molar-refractivity contribution in [2.24, 2.45) is 7.05 Å². The van der Waals surface area contributed by atoms with Crippen molar-refractivity contribution in [1.82, 2.24) is 9.36 Å². The minimum atomic E-state index is -0.319. The number of nitrogens with zero attached hydrogens (tertiary/aromatic N) is 3. The fourth-order valence-corrected chi connectivity index (χ4v) is 4.25. The fourth-order valence-electron chi connectivity index (χ4n) is 3.14. The van der Waals surface area contributed by atoms with Crippen LogP contribution >= 0.6 is 11.8 Å². The number of carbonyl (C=O) groups excluding carboxylic acids is 1. The molecular formula is C18H17N3O3S. The molecule has 4 rings (SSSR count). The maximum absolute atomic E-state index is 13.2. The largest absolute Gasteiger partial charge is 0.466 e. The average Bonchev–Trinajstić information content (AvgIpc) is 3.30. The van der Waals surface area contributed by atoms with Crippen LogP contribution in [0.5, 0.6) is 0 Å². The highest BCUT2D eigenvalue weighted by Gasteiger charge is 2.39. The molecule has 1 aromatic carbocycles. The topological polar surface area (TPSA) is 60.4 Å². The molecule has 1 amide bonds. The predicted molar refractivity (Wildman–Crippen MR) is 97.1 cm³/mol. The first-order valence-electron chi connectivity index (χ1n) is 7.90. The van der Waals surface area contributed by atoms with Gasteiger partial charge >= 0.3 is 0 Å². The Morgan fingerprint density at radius 2 is 1.88 bits per heavy atom. The second kappa shape index (κ2) is 6.00. The van der Waals surface area contributed by atoms with Gasteiger partial charge in [-0.15, -0.1) is 11.8 Å². The van der Waals surface area contributed by atoms with Crippen molar-refractivity contribution in [3.05, 3.63) is 70.5 Å². The summed E-state index contributed by atoms with van der Waals surface area (Å²) in [7, 11) is 1.82. The van der Waals surface area contributed by atoms with Crippen molar-refractivity contribution in [3.8, 4) is 5.69 Å². The molecule has 3 aromatic rings. The number of amides is 1. The molecule has 1 atom stereocenters. The number of para-hydroxylation sites is 1. The number of carbonyl (C=O) groups is 1. The summed E-state index contributed by atoms with van der Waals surface area (Å²) in [5.74, 6) is 0.909. The van der Waals surface area contributed by atoms with E-state index in [1.807, 2.05) is 50.4 Å². The van der Waals surface area contributed by atoms with Crippen LogP contribution in [-0.2, 0) is 11.8 Å². The zero-order valence-electron chi connectivity index (χ0n) is 13.9. The minimum Gasteiger partial charge on any atom is -0.466 e. The molecule has 1 saturated heterocycles. The van der Waals surface area contributed by atoms with Crippen LogP contribution in [-0.4, -0.2) is 21.0 Å². The molecule has 7 heteroatoms. The molecule has 0 unspecified atom stereocenters. The van der Waals surface area contributed by atoms with Crippen LogP contribution in [0.25, 0.3) is 5.69 Å². The second-order valence-corrected chi connectivity index (χ2v) is 6.92. The summed E-state index contributed by atoms with van der Waals surface area (Å²) in [6.07, 6.45) is 1.58. The maximum Gasteiger partial charge on any atom is 0.295 e. The fraction of sp³-hybridized carbons (Fsp3) is 0.222. The van der Waals surface area contributed by atoms with Crippen molar-refractivity contribution < 1.29 is 9.21 Å². The number of benzene rings is 1. The number of thioether (sulfide) groups is 1. The van der Waals surface area contributed by atoms with E-state index >= 15 is 0 Å². The molecule has 25 heavy (non-hydrogen) atoms. The second-order valence-electron chi connectivity index (χ2n) is 5.85. The molecule has 0 spiro atoms. The summed E-state index contributed by atoms with van der Waals surface area (Å²) in [6, 6.07) is 13.0. The molecule has 1 aliphatic rings. The maximum atomic E-state index is 13.2. The lowest BCUT2D eigenvalue weighted by atomic mass is 10.3. The molecule has 0 saturated carbocycles. The van der Waals surface area contributed by atoms with Crippen molar-refractivity contribution in [3.63, 3.8) is 0 Å². The average molecular weight is 355 g/mol. The van der Waals surface area contributed by atoms with Gasteiger partial charge in [-0.25, -0.2) is 4.68 Å². The highest BCUT2D eigenvalue weighted by atomic mass is 32.2. The third-order valence-electron chi connectivity index (χ3n) is 4.42. The van der Waals surface area contributed by atoms with Gasteiger partial charge in [-0.05, 0) is 31.2 Å². The number of aromatic nitrogens is 2. The summed E-state index contributed by atoms with van der Waals surface area (Å²) < 4.78 is 8.85. The summed E-state index contributed by atoms with van der Waals surface area (Å²) in [5, 5.41) is -0.319. The molecule has 6 nitrogen and oxygen atoms in total. The van der Waals surface area contributed by atoms with E-state index in [1.165, 1.54) is 11.8 Å². The standard InChI is InChI=1S/C18H17N3O3S/c1-12-16(17(23)21(19(12)2)13-7-4-3-5-8-13)20-15(22)11-25-18(20)14-9-6-10-24-14/h3-10,18H,11H2,1-2H3/t18-/m1/s1. The molecule has 3 heterocycles. The Morgan fingerprint density at radius 1 is 1.12 bits per heavy atom. The van der Waals surface area contributed by atoms with Crippen LogP contribution in [0, 0.1) is 6.92 Å². The van der Waals surface area contributed by atoms with E-state index < -0.39 is 0 Å². The number of hydrogen-bond acceptors (Lipinski definition) is 4. The molecule has 0 N–H and O–H groups in total. The van der Waals surface area contributed by atoms with Gasteiger partial charge in [0.15, 0.2) is 0 Å². The normalized spacial score (nSPS) is 17.4. The van der Waals surface area contributed by atoms with Crippen LogP contribution < -0.4 is 10.5 Å². The highest BCUT2D eigenvalue weighted by Crippen LogP contribution is 2.41. The first kappa shape index (κ1) is 15.8. The van der Waals surface area contributed by atoms with Gasteiger partial charge in [0.05, 0.1) is 23.4 Å². The van der Waals surface area contributed by atoms with Crippen LogP contribution in [0.4, 0.5) is 5.69 Å². The highest BCUT2D eigenvalue weighted by molar-refractivity contribution is 8.00. The lowest BCUT2D eigenvalue weighted by Crippen LogP contribution is -2.32. The summed E-state index contributed by atoms with van der Waals surface area (Å²) >= 11 is 1.46. The van der Waals surface area contributed by atoms with Crippen molar-refractivity contribution in [2.75, 3.05) is 10.7 Å². The molecule has 2 aromatic heterocycles. The van der Waals surface area contributed by atoms with Gasteiger partial charge in [0.1, 0.15) is 16.8 Å². The van der Waals surface area contributed by atoms with E-state index in [-0.39, 0.29) is 16.8 Å². The van der Waals surface area contributed by atoms with Crippen LogP contribution in [0.1, 0.15) is 16.8 Å². The van der Waals surface area contributed by atoms with E-state index in [2.05, 4.69) is 0 Å². The summed E-state index contributed by atoms with van der Waals surface area (Å²) in [6.45, 7) is 1.85. The quantitative estimate of drug-likeness (QED) is 0.725. The predicted octanol–water partition coefficient (Wildman–Crippen LogP) is 2.86. The summed E-state index contributed by atoms with van der Waals surface area (Å²) in [4.78, 5) is 27.3. The van der Waals surface area contributed by atoms with E-state index in [4.69, 9.17) is 4.42 Å². The Kier molecular flexibility index (Phi) is 3.80. The van der Waals surface area contributed by atoms with E-state index in [0.717, 1.165) is 11.4 Å². The Hall–Kier alpha value is -2.67. The summed E-state index contributed by atoms with van der Waals surface area (Å²) in [5.41, 5.74) is 1.70. The van der Waals surface area contributed by atoms with Gasteiger partial charge in [-0.2, -0.15) is 0 Å². The lowest BCUT2D eigenvalue weighted by molar-refractivity contribution is -0.115. The third kappa shape index (κ3) is 2.42. The molecule has 0 aliphatic carbocycles. The Balaban J connectivity index is 1.88. The van der Waals surface area contributed by atoms with Gasteiger partial charge in [-0.1, -0.05) is 18.2 Å². The third-order valence-corrected chi connectivity index (χ3v) is 5.59. The first-order valence-corrected chi connectivity index (χ1v) is 8.95. The van der Waals surface area contributed by atoms with Crippen molar-refractivity contribution in [1.29, 1.82) is 0 Å². The molecule has 1 aliphatic heterocycles. The zero-order valence-corrected chi connectivity index (χ0v) is 14.7. The smallest absolute Gasteiger partial charge is 0.295 e. The van der Waals surface area contributed by atoms with Gasteiger partial charge < -0.3 is 4.42 Å². The van der Waals surface area contributed by atoms with Gasteiger partial charge in [0.25, 0.3) is 5.56 Å². The lowest BCUT2D eigenvalue weighted by Gasteiger charge is -2.20. The van der Waals surface area contributed by atoms with E-state index in [1.54, 1.807) is 26.6 Å². The Morgan fingerprint density at radius 3 is 2.56 bits per heavy atom. The minimum absolute atomic E-state index is 0.0857. The van der Waals surface area contributed by atoms with Crippen LogP contribution in [0.2, 0.25) is 0 Å². The van der Waals surface area contributed by atoms with Gasteiger partial charge in [0.2, 0.25) is 5.91 Å². The SMILES string of the molecule is Cc1c(N2C(=O)CS[C@@H]2c2ccco2)c(=O)n(-c2ccccc2)n1C. The van der Waals surface area contributed by atoms with Gasteiger partial charge in [0, 0.05) is 7.05 Å². The van der Waals surface area contributed by atoms with Crippen LogP contribution in [0.15, 0.2) is 57.9 Å². The number of rotatable bonds is 3. The first-order chi connectivity index (χ1) is 12.1. The number of furan rings is 1. The van der Waals surface area contributed by atoms with Crippen LogP contribution in [0.3, 0.4) is 0 Å². The van der Waals surface area contributed by atoms with E-state index in [0.29, 0.717) is 17.2 Å². The molecule has 0 radical (unpaired) electrons. The molecular weight excluding hydrogens is 338 g/mol. The Bertz CT molecular complexity index is 973. The van der Waals surface area contributed by atoms with E-state index in [9.17, 15) is 9.59 Å². The zero-order chi connectivity index (χ0) is 17.6. The molecule has 0 bridgehead atoms. The number of anilines is 1. The van der Waals surface area contributed by atoms with Crippen molar-refractivity contribution >= 4 is 23.4 Å². The van der Waals surface area contributed by atoms with Crippen molar-refractivity contribution in [2.45, 2.75) is 12.3 Å². The van der Waals surface area contributed by atoms with Gasteiger partial charge in [-0.3, -0.25) is 19.2 Å². The Labute approximate surface area is 148 Å². The molecule has 1 fully saturated rings.